The highest BCUT2D eigenvalue weighted by Gasteiger charge is 2.13. The number of nitrogens with one attached hydrogen (secondary N) is 2. The number of fused-ring (bicyclic) bond motifs is 2. The summed E-state index contributed by atoms with van der Waals surface area (Å²) in [6.45, 7) is 4.09. The van der Waals surface area contributed by atoms with Crippen molar-refractivity contribution in [1.29, 1.82) is 0 Å². The lowest BCUT2D eigenvalue weighted by Crippen LogP contribution is -2.34. The Morgan fingerprint density at radius 2 is 1.65 bits per heavy atom. The Hall–Kier alpha value is -4.10. The molecule has 5 aromatic rings. The van der Waals surface area contributed by atoms with Crippen LogP contribution in [0.25, 0.3) is 27.5 Å². The van der Waals surface area contributed by atoms with Crippen molar-refractivity contribution < 1.29 is 4.79 Å². The molecule has 0 unspecified atom stereocenters. The molecule has 0 aliphatic heterocycles. The summed E-state index contributed by atoms with van der Waals surface area (Å²) in [7, 11) is 0. The Labute approximate surface area is 202 Å². The van der Waals surface area contributed by atoms with E-state index < -0.39 is 0 Å². The van der Waals surface area contributed by atoms with E-state index in [1.165, 1.54) is 5.56 Å². The van der Waals surface area contributed by atoms with Crippen LogP contribution in [-0.4, -0.2) is 26.0 Å². The van der Waals surface area contributed by atoms with Gasteiger partial charge in [-0.3, -0.25) is 10.1 Å². The molecule has 0 fully saturated rings. The van der Waals surface area contributed by atoms with Gasteiger partial charge in [-0.25, -0.2) is 0 Å². The largest absolute Gasteiger partial charge is 0.332 e. The van der Waals surface area contributed by atoms with Crippen molar-refractivity contribution in [2.24, 2.45) is 0 Å². The molecular formula is C27H23N5OS. The van der Waals surface area contributed by atoms with Crippen molar-refractivity contribution in [2.45, 2.75) is 20.3 Å². The highest BCUT2D eigenvalue weighted by molar-refractivity contribution is 7.80. The molecule has 2 N–H and O–H groups in total. The smallest absolute Gasteiger partial charge is 0.258 e. The first-order valence-electron chi connectivity index (χ1n) is 11.1. The lowest BCUT2D eigenvalue weighted by molar-refractivity contribution is 0.0979. The van der Waals surface area contributed by atoms with Crippen LogP contribution >= 0.6 is 12.2 Å². The number of thiocarbonyl (C=S) groups is 1. The van der Waals surface area contributed by atoms with Gasteiger partial charge >= 0.3 is 0 Å². The molecule has 0 saturated carbocycles. The number of hydrogen-bond acceptors (Lipinski definition) is 4. The number of amides is 1. The second-order valence-electron chi connectivity index (χ2n) is 8.10. The van der Waals surface area contributed by atoms with Gasteiger partial charge < -0.3 is 5.32 Å². The van der Waals surface area contributed by atoms with E-state index in [1.807, 2.05) is 67.6 Å². The summed E-state index contributed by atoms with van der Waals surface area (Å²) in [5, 5.41) is 17.3. The predicted octanol–water partition coefficient (Wildman–Crippen LogP) is 5.57. The minimum atomic E-state index is -0.255. The quantitative estimate of drug-likeness (QED) is 0.340. The first-order chi connectivity index (χ1) is 16.5. The molecular weight excluding hydrogens is 442 g/mol. The van der Waals surface area contributed by atoms with Gasteiger partial charge in [-0.1, -0.05) is 55.5 Å². The Morgan fingerprint density at radius 1 is 0.941 bits per heavy atom. The lowest BCUT2D eigenvalue weighted by atomic mass is 10.0. The van der Waals surface area contributed by atoms with Crippen molar-refractivity contribution in [2.75, 3.05) is 5.32 Å². The zero-order chi connectivity index (χ0) is 23.7. The minimum Gasteiger partial charge on any atom is -0.332 e. The van der Waals surface area contributed by atoms with Gasteiger partial charge in [-0.05, 0) is 77.8 Å². The fourth-order valence-corrected chi connectivity index (χ4v) is 4.13. The number of carbonyl (C=O) groups is 1. The molecule has 6 nitrogen and oxygen atoms in total. The van der Waals surface area contributed by atoms with Crippen LogP contribution in [0.1, 0.15) is 28.4 Å². The van der Waals surface area contributed by atoms with Crippen molar-refractivity contribution in [1.82, 2.24) is 20.3 Å². The molecule has 0 aliphatic rings. The third-order valence-corrected chi connectivity index (χ3v) is 6.02. The first-order valence-corrected chi connectivity index (χ1v) is 11.5. The SMILES string of the molecule is CCc1ccc(-n2nc3cc(C)c(NC(=S)NC(=O)c4cccc5ccccc45)cc3n2)cc1. The fourth-order valence-electron chi connectivity index (χ4n) is 3.93. The van der Waals surface area contributed by atoms with Crippen LogP contribution in [0.4, 0.5) is 5.69 Å². The number of aromatic nitrogens is 3. The third kappa shape index (κ3) is 4.25. The van der Waals surface area contributed by atoms with E-state index in [4.69, 9.17) is 12.2 Å². The highest BCUT2D eigenvalue weighted by atomic mass is 32.1. The van der Waals surface area contributed by atoms with E-state index in [0.717, 1.165) is 45.2 Å². The van der Waals surface area contributed by atoms with Gasteiger partial charge in [0.05, 0.1) is 5.69 Å². The van der Waals surface area contributed by atoms with Gasteiger partial charge in [-0.15, -0.1) is 10.2 Å². The van der Waals surface area contributed by atoms with Crippen LogP contribution in [0.3, 0.4) is 0 Å². The summed E-state index contributed by atoms with van der Waals surface area (Å²) in [6, 6.07) is 25.5. The summed E-state index contributed by atoms with van der Waals surface area (Å²) < 4.78 is 0. The van der Waals surface area contributed by atoms with Crippen molar-refractivity contribution in [3.05, 3.63) is 95.6 Å². The number of carbonyl (C=O) groups excluding carboxylic acids is 1. The molecule has 1 aromatic heterocycles. The topological polar surface area (TPSA) is 71.8 Å². The normalized spacial score (nSPS) is 11.0. The first kappa shape index (κ1) is 21.7. The molecule has 0 bridgehead atoms. The average molecular weight is 466 g/mol. The number of nitrogens with zero attached hydrogens (tertiary/aromatic N) is 3. The molecule has 0 spiro atoms. The lowest BCUT2D eigenvalue weighted by Gasteiger charge is -2.12. The maximum absolute atomic E-state index is 12.9. The van der Waals surface area contributed by atoms with Crippen LogP contribution in [0.2, 0.25) is 0 Å². The summed E-state index contributed by atoms with van der Waals surface area (Å²) >= 11 is 5.44. The van der Waals surface area contributed by atoms with Gasteiger partial charge in [0.15, 0.2) is 5.11 Å². The second-order valence-corrected chi connectivity index (χ2v) is 8.51. The Kier molecular flexibility index (Phi) is 5.77. The molecule has 0 atom stereocenters. The minimum absolute atomic E-state index is 0.225. The Bertz CT molecular complexity index is 1530. The van der Waals surface area contributed by atoms with Gasteiger partial charge in [-0.2, -0.15) is 4.80 Å². The second kappa shape index (κ2) is 9.03. The molecule has 1 amide bonds. The third-order valence-electron chi connectivity index (χ3n) is 5.81. The van der Waals surface area contributed by atoms with Crippen molar-refractivity contribution >= 4 is 50.7 Å². The van der Waals surface area contributed by atoms with Crippen LogP contribution in [0.5, 0.6) is 0 Å². The van der Waals surface area contributed by atoms with E-state index in [0.29, 0.717) is 5.56 Å². The molecule has 4 aromatic carbocycles. The van der Waals surface area contributed by atoms with Gasteiger partial charge in [0.2, 0.25) is 0 Å². The standard InChI is InChI=1S/C27H23N5OS/c1-3-18-11-13-20(14-12-18)32-30-24-15-17(2)23(16-25(24)31-32)28-27(34)29-26(33)22-10-6-8-19-7-4-5-9-21(19)22/h4-16H,3H2,1-2H3,(H2,28,29,33,34). The van der Waals surface area contributed by atoms with Crippen LogP contribution in [0, 0.1) is 6.92 Å². The van der Waals surface area contributed by atoms with Crippen molar-refractivity contribution in [3.63, 3.8) is 0 Å². The number of anilines is 1. The average Bonchev–Trinajstić information content (AvgIpc) is 3.26. The maximum atomic E-state index is 12.9. The summed E-state index contributed by atoms with van der Waals surface area (Å²) in [5.41, 5.74) is 5.97. The Balaban J connectivity index is 1.36. The zero-order valence-corrected chi connectivity index (χ0v) is 19.7. The molecule has 34 heavy (non-hydrogen) atoms. The monoisotopic (exact) mass is 465 g/mol. The van der Waals surface area contributed by atoms with Crippen LogP contribution in [0.15, 0.2) is 78.9 Å². The molecule has 7 heteroatoms. The highest BCUT2D eigenvalue weighted by Crippen LogP contribution is 2.23. The summed E-state index contributed by atoms with van der Waals surface area (Å²) in [6.07, 6.45) is 0.986. The summed E-state index contributed by atoms with van der Waals surface area (Å²) in [4.78, 5) is 14.5. The fraction of sp³-hybridized carbons (Fsp3) is 0.111. The van der Waals surface area contributed by atoms with Gasteiger partial charge in [0, 0.05) is 11.3 Å². The number of rotatable bonds is 4. The van der Waals surface area contributed by atoms with Gasteiger partial charge in [0.25, 0.3) is 5.91 Å². The van der Waals surface area contributed by atoms with E-state index in [9.17, 15) is 4.79 Å². The molecule has 168 valence electrons. The molecule has 1 heterocycles. The van der Waals surface area contributed by atoms with Crippen LogP contribution < -0.4 is 10.6 Å². The van der Waals surface area contributed by atoms with E-state index >= 15 is 0 Å². The van der Waals surface area contributed by atoms with E-state index in [1.54, 1.807) is 10.9 Å². The van der Waals surface area contributed by atoms with Crippen LogP contribution in [-0.2, 0) is 6.42 Å². The number of benzene rings is 4. The molecule has 0 saturated heterocycles. The van der Waals surface area contributed by atoms with Gasteiger partial charge in [0.1, 0.15) is 11.0 Å². The predicted molar refractivity (Wildman–Crippen MR) is 141 cm³/mol. The van der Waals surface area contributed by atoms with E-state index in [2.05, 4.69) is 39.9 Å². The molecule has 5 rings (SSSR count). The number of aryl methyl sites for hydroxylation is 2. The molecule has 0 aliphatic carbocycles. The Morgan fingerprint density at radius 3 is 2.41 bits per heavy atom. The maximum Gasteiger partial charge on any atom is 0.258 e. The van der Waals surface area contributed by atoms with E-state index in [-0.39, 0.29) is 11.0 Å². The summed E-state index contributed by atoms with van der Waals surface area (Å²) in [5.74, 6) is -0.255. The zero-order valence-electron chi connectivity index (χ0n) is 18.9. The van der Waals surface area contributed by atoms with Crippen molar-refractivity contribution in [3.8, 4) is 5.69 Å². The molecule has 0 radical (unpaired) electrons. The number of hydrogen-bond donors (Lipinski definition) is 2.